The number of piperidine rings is 1. The van der Waals surface area contributed by atoms with Gasteiger partial charge in [0.05, 0.1) is 5.41 Å². The van der Waals surface area contributed by atoms with E-state index in [-0.39, 0.29) is 5.91 Å². The average Bonchev–Trinajstić information content (AvgIpc) is 2.28. The van der Waals surface area contributed by atoms with Crippen molar-refractivity contribution in [2.45, 2.75) is 32.6 Å². The third-order valence-electron chi connectivity index (χ3n) is 3.25. The smallest absolute Gasteiger partial charge is 0.311 e. The van der Waals surface area contributed by atoms with Crippen LogP contribution >= 0.6 is 0 Å². The van der Waals surface area contributed by atoms with Crippen LogP contribution in [0.4, 0.5) is 0 Å². The number of rotatable bonds is 4. The Kier molecular flexibility index (Phi) is 4.10. The fraction of sp³-hybridized carbons (Fsp3) is 0.667. The second-order valence-electron chi connectivity index (χ2n) is 4.40. The molecule has 0 aromatic rings. The summed E-state index contributed by atoms with van der Waals surface area (Å²) in [4.78, 5) is 24.5. The maximum absolute atomic E-state index is 11.5. The van der Waals surface area contributed by atoms with Crippen molar-refractivity contribution in [2.75, 3.05) is 13.1 Å². The zero-order valence-corrected chi connectivity index (χ0v) is 9.74. The van der Waals surface area contributed by atoms with E-state index in [0.29, 0.717) is 25.9 Å². The quantitative estimate of drug-likeness (QED) is 0.740. The van der Waals surface area contributed by atoms with Crippen LogP contribution in [0.1, 0.15) is 32.6 Å². The summed E-state index contributed by atoms with van der Waals surface area (Å²) >= 11 is 0. The third kappa shape index (κ3) is 2.43. The van der Waals surface area contributed by atoms with E-state index in [0.717, 1.165) is 12.8 Å². The number of nitrogens with zero attached hydrogens (tertiary/aromatic N) is 1. The predicted molar refractivity (Wildman–Crippen MR) is 61.0 cm³/mol. The first kappa shape index (κ1) is 12.7. The van der Waals surface area contributed by atoms with Crippen molar-refractivity contribution in [2.24, 2.45) is 5.41 Å². The molecular weight excluding hydrogens is 206 g/mol. The van der Waals surface area contributed by atoms with Crippen molar-refractivity contribution in [1.82, 2.24) is 4.90 Å². The van der Waals surface area contributed by atoms with Gasteiger partial charge >= 0.3 is 5.97 Å². The number of likely N-dealkylation sites (tertiary alicyclic amines) is 1. The van der Waals surface area contributed by atoms with Crippen molar-refractivity contribution in [1.29, 1.82) is 0 Å². The van der Waals surface area contributed by atoms with Gasteiger partial charge in [0.2, 0.25) is 5.91 Å². The van der Waals surface area contributed by atoms with Crippen LogP contribution in [0.5, 0.6) is 0 Å². The largest absolute Gasteiger partial charge is 0.481 e. The Labute approximate surface area is 95.9 Å². The molecule has 1 N–H and O–H groups in total. The van der Waals surface area contributed by atoms with Gasteiger partial charge in [-0.2, -0.15) is 0 Å². The molecule has 0 saturated carbocycles. The van der Waals surface area contributed by atoms with Gasteiger partial charge in [-0.1, -0.05) is 19.9 Å². The Morgan fingerprint density at radius 3 is 2.75 bits per heavy atom. The first-order valence-corrected chi connectivity index (χ1v) is 5.70. The summed E-state index contributed by atoms with van der Waals surface area (Å²) < 4.78 is 0. The molecule has 1 heterocycles. The molecule has 1 atom stereocenters. The second kappa shape index (κ2) is 5.14. The van der Waals surface area contributed by atoms with Gasteiger partial charge in [0.1, 0.15) is 0 Å². The maximum atomic E-state index is 11.5. The van der Waals surface area contributed by atoms with Crippen molar-refractivity contribution in [3.8, 4) is 0 Å². The number of amides is 1. The van der Waals surface area contributed by atoms with Gasteiger partial charge in [-0.15, -0.1) is 0 Å². The Bertz CT molecular complexity index is 297. The maximum Gasteiger partial charge on any atom is 0.311 e. The lowest BCUT2D eigenvalue weighted by molar-refractivity contribution is -0.154. The fourth-order valence-electron chi connectivity index (χ4n) is 2.41. The highest BCUT2D eigenvalue weighted by Gasteiger charge is 2.42. The number of aliphatic carboxylic acids is 1. The minimum absolute atomic E-state index is 0.165. The van der Waals surface area contributed by atoms with Crippen LogP contribution < -0.4 is 0 Å². The lowest BCUT2D eigenvalue weighted by Crippen LogP contribution is -2.49. The molecule has 1 aliphatic heterocycles. The first-order chi connectivity index (χ1) is 7.55. The molecule has 0 aromatic heterocycles. The molecule has 1 aliphatic rings. The van der Waals surface area contributed by atoms with Crippen LogP contribution in [-0.2, 0) is 9.59 Å². The summed E-state index contributed by atoms with van der Waals surface area (Å²) in [6.45, 7) is 6.37. The minimum Gasteiger partial charge on any atom is -0.481 e. The van der Waals surface area contributed by atoms with E-state index in [1.54, 1.807) is 4.90 Å². The number of hydrogen-bond acceptors (Lipinski definition) is 2. The zero-order chi connectivity index (χ0) is 12.2. The Balaban J connectivity index is 2.82. The molecule has 1 rings (SSSR count). The van der Waals surface area contributed by atoms with E-state index < -0.39 is 11.4 Å². The average molecular weight is 225 g/mol. The van der Waals surface area contributed by atoms with E-state index in [1.165, 1.54) is 6.08 Å². The van der Waals surface area contributed by atoms with Crippen LogP contribution in [0.15, 0.2) is 12.7 Å². The molecule has 1 unspecified atom stereocenters. The minimum atomic E-state index is -0.782. The Hall–Kier alpha value is -1.32. The third-order valence-corrected chi connectivity index (χ3v) is 3.25. The Morgan fingerprint density at radius 2 is 2.25 bits per heavy atom. The monoisotopic (exact) mass is 225 g/mol. The summed E-state index contributed by atoms with van der Waals surface area (Å²) in [6, 6.07) is 0. The van der Waals surface area contributed by atoms with Gasteiger partial charge < -0.3 is 10.0 Å². The van der Waals surface area contributed by atoms with Crippen LogP contribution in [-0.4, -0.2) is 35.0 Å². The normalized spacial score (nSPS) is 25.2. The van der Waals surface area contributed by atoms with Crippen LogP contribution in [0.25, 0.3) is 0 Å². The number of carbonyl (C=O) groups excluding carboxylic acids is 1. The Morgan fingerprint density at radius 1 is 1.56 bits per heavy atom. The molecule has 0 bridgehead atoms. The lowest BCUT2D eigenvalue weighted by Gasteiger charge is -2.39. The van der Waals surface area contributed by atoms with Gasteiger partial charge in [0, 0.05) is 13.1 Å². The lowest BCUT2D eigenvalue weighted by atomic mass is 9.76. The van der Waals surface area contributed by atoms with Crippen molar-refractivity contribution < 1.29 is 14.7 Å². The van der Waals surface area contributed by atoms with Crippen molar-refractivity contribution >= 4 is 11.9 Å². The zero-order valence-electron chi connectivity index (χ0n) is 9.74. The van der Waals surface area contributed by atoms with Gasteiger partial charge in [0.15, 0.2) is 0 Å². The molecule has 1 saturated heterocycles. The molecule has 90 valence electrons. The summed E-state index contributed by atoms with van der Waals surface area (Å²) in [5, 5.41) is 9.33. The second-order valence-corrected chi connectivity index (χ2v) is 4.40. The summed E-state index contributed by atoms with van der Waals surface area (Å²) in [6.07, 6.45) is 4.12. The van der Waals surface area contributed by atoms with Gasteiger partial charge in [-0.3, -0.25) is 9.59 Å². The first-order valence-electron chi connectivity index (χ1n) is 5.70. The molecule has 16 heavy (non-hydrogen) atoms. The fourth-order valence-corrected chi connectivity index (χ4v) is 2.41. The van der Waals surface area contributed by atoms with E-state index in [4.69, 9.17) is 0 Å². The molecule has 4 heteroatoms. The molecule has 0 aliphatic carbocycles. The predicted octanol–water partition coefficient (Wildman–Crippen LogP) is 1.67. The molecule has 4 nitrogen and oxygen atoms in total. The van der Waals surface area contributed by atoms with Crippen molar-refractivity contribution in [3.05, 3.63) is 12.7 Å². The van der Waals surface area contributed by atoms with Gasteiger partial charge in [-0.25, -0.2) is 0 Å². The van der Waals surface area contributed by atoms with Crippen LogP contribution in [0.2, 0.25) is 0 Å². The number of carbonyl (C=O) groups is 2. The summed E-state index contributed by atoms with van der Waals surface area (Å²) in [5.74, 6) is -0.947. The molecule has 0 radical (unpaired) electrons. The standard InChI is InChI=1S/C12H19NO3/c1-3-6-12(11(15)16)7-5-8-13(9-12)10(14)4-2/h4H,2-3,5-9H2,1H3,(H,15,16). The van der Waals surface area contributed by atoms with Crippen molar-refractivity contribution in [3.63, 3.8) is 0 Å². The van der Waals surface area contributed by atoms with E-state index in [2.05, 4.69) is 6.58 Å². The van der Waals surface area contributed by atoms with E-state index >= 15 is 0 Å². The van der Waals surface area contributed by atoms with Gasteiger partial charge in [0.25, 0.3) is 0 Å². The highest BCUT2D eigenvalue weighted by atomic mass is 16.4. The van der Waals surface area contributed by atoms with Crippen LogP contribution in [0, 0.1) is 5.41 Å². The summed E-state index contributed by atoms with van der Waals surface area (Å²) in [7, 11) is 0. The van der Waals surface area contributed by atoms with Gasteiger partial charge in [-0.05, 0) is 25.3 Å². The molecule has 1 amide bonds. The molecular formula is C12H19NO3. The highest BCUT2D eigenvalue weighted by Crippen LogP contribution is 2.35. The molecule has 1 fully saturated rings. The summed E-state index contributed by atoms with van der Waals surface area (Å²) in [5.41, 5.74) is -0.744. The van der Waals surface area contributed by atoms with Crippen LogP contribution in [0.3, 0.4) is 0 Å². The number of hydrogen-bond donors (Lipinski definition) is 1. The number of carboxylic acid groups (broad SMARTS) is 1. The molecule has 0 aromatic carbocycles. The SMILES string of the molecule is C=CC(=O)N1CCCC(CCC)(C(=O)O)C1. The topological polar surface area (TPSA) is 57.6 Å². The highest BCUT2D eigenvalue weighted by molar-refractivity contribution is 5.88. The molecule has 0 spiro atoms. The van der Waals surface area contributed by atoms with E-state index in [9.17, 15) is 14.7 Å². The van der Waals surface area contributed by atoms with E-state index in [1.807, 2.05) is 6.92 Å². The number of carboxylic acids is 1.